The lowest BCUT2D eigenvalue weighted by molar-refractivity contribution is 0.414. The molecule has 18 heavy (non-hydrogen) atoms. The van der Waals surface area contributed by atoms with Gasteiger partial charge in [0.15, 0.2) is 0 Å². The maximum Gasteiger partial charge on any atom is 0.121 e. The normalized spacial score (nSPS) is 10.4. The van der Waals surface area contributed by atoms with E-state index >= 15 is 0 Å². The fourth-order valence-corrected chi connectivity index (χ4v) is 1.70. The van der Waals surface area contributed by atoms with Gasteiger partial charge in [-0.05, 0) is 24.1 Å². The lowest BCUT2D eigenvalue weighted by Crippen LogP contribution is -2.00. The number of aromatic nitrogens is 2. The average molecular weight is 241 g/mol. The minimum Gasteiger partial charge on any atom is -0.497 e. The lowest BCUT2D eigenvalue weighted by Gasteiger charge is -2.07. The first kappa shape index (κ1) is 12.2. The molecule has 0 amide bonds. The van der Waals surface area contributed by atoms with Crippen LogP contribution < -0.4 is 4.74 Å². The zero-order chi connectivity index (χ0) is 13.1. The number of nitriles is 1. The molecule has 0 N–H and O–H groups in total. The van der Waals surface area contributed by atoms with E-state index in [1.165, 1.54) is 0 Å². The number of hydrogen-bond acceptors (Lipinski definition) is 3. The van der Waals surface area contributed by atoms with Crippen molar-refractivity contribution in [2.45, 2.75) is 19.8 Å². The smallest absolute Gasteiger partial charge is 0.121 e. The summed E-state index contributed by atoms with van der Waals surface area (Å²) in [6.45, 7) is 4.17. The van der Waals surface area contributed by atoms with Crippen LogP contribution in [0.25, 0.3) is 5.69 Å². The van der Waals surface area contributed by atoms with Crippen molar-refractivity contribution in [2.24, 2.45) is 0 Å². The molecule has 0 bridgehead atoms. The van der Waals surface area contributed by atoms with Gasteiger partial charge in [0.25, 0.3) is 0 Å². The molecular weight excluding hydrogens is 226 g/mol. The monoisotopic (exact) mass is 241 g/mol. The third-order valence-electron chi connectivity index (χ3n) is 2.77. The molecule has 4 heteroatoms. The highest BCUT2D eigenvalue weighted by Gasteiger charge is 2.09. The van der Waals surface area contributed by atoms with Gasteiger partial charge in [-0.3, -0.25) is 0 Å². The minimum atomic E-state index is 0.363. The molecule has 0 saturated carbocycles. The molecule has 0 spiro atoms. The highest BCUT2D eigenvalue weighted by molar-refractivity contribution is 5.52. The molecule has 0 saturated heterocycles. The van der Waals surface area contributed by atoms with Gasteiger partial charge in [0.2, 0.25) is 0 Å². The molecule has 0 fully saturated rings. The van der Waals surface area contributed by atoms with E-state index in [0.29, 0.717) is 17.2 Å². The third kappa shape index (κ3) is 2.21. The maximum absolute atomic E-state index is 9.13. The van der Waals surface area contributed by atoms with E-state index in [1.54, 1.807) is 23.9 Å². The minimum absolute atomic E-state index is 0.363. The van der Waals surface area contributed by atoms with Gasteiger partial charge in [-0.15, -0.1) is 0 Å². The van der Waals surface area contributed by atoms with Crippen molar-refractivity contribution >= 4 is 0 Å². The van der Waals surface area contributed by atoms with Crippen LogP contribution in [0.2, 0.25) is 0 Å². The summed E-state index contributed by atoms with van der Waals surface area (Å²) in [4.78, 5) is 0. The van der Waals surface area contributed by atoms with Crippen LogP contribution >= 0.6 is 0 Å². The van der Waals surface area contributed by atoms with Crippen LogP contribution in [-0.4, -0.2) is 16.9 Å². The Kier molecular flexibility index (Phi) is 3.33. The SMILES string of the molecule is COc1ccc(C#N)c(-n2ccc(C(C)C)n2)c1. The summed E-state index contributed by atoms with van der Waals surface area (Å²) in [7, 11) is 1.60. The van der Waals surface area contributed by atoms with E-state index in [0.717, 1.165) is 11.4 Å². The number of rotatable bonds is 3. The zero-order valence-corrected chi connectivity index (χ0v) is 10.7. The van der Waals surface area contributed by atoms with Crippen molar-refractivity contribution in [3.8, 4) is 17.5 Å². The molecule has 4 nitrogen and oxygen atoms in total. The third-order valence-corrected chi connectivity index (χ3v) is 2.77. The Morgan fingerprint density at radius 3 is 2.67 bits per heavy atom. The fraction of sp³-hybridized carbons (Fsp3) is 0.286. The maximum atomic E-state index is 9.13. The second-order valence-electron chi connectivity index (χ2n) is 4.33. The molecule has 1 aromatic heterocycles. The van der Waals surface area contributed by atoms with Crippen molar-refractivity contribution in [2.75, 3.05) is 7.11 Å². The first-order valence-electron chi connectivity index (χ1n) is 5.79. The molecule has 0 unspecified atom stereocenters. The van der Waals surface area contributed by atoms with Gasteiger partial charge in [-0.1, -0.05) is 13.8 Å². The predicted molar refractivity (Wildman–Crippen MR) is 68.9 cm³/mol. The molecule has 0 aliphatic heterocycles. The highest BCUT2D eigenvalue weighted by atomic mass is 16.5. The quantitative estimate of drug-likeness (QED) is 0.830. The summed E-state index contributed by atoms with van der Waals surface area (Å²) >= 11 is 0. The Hall–Kier alpha value is -2.28. The standard InChI is InChI=1S/C14H15N3O/c1-10(2)13-6-7-17(16-13)14-8-12(18-3)5-4-11(14)9-15/h4-8,10H,1-3H3. The number of nitrogens with zero attached hydrogens (tertiary/aromatic N) is 3. The first-order chi connectivity index (χ1) is 8.65. The van der Waals surface area contributed by atoms with Gasteiger partial charge < -0.3 is 4.74 Å². The van der Waals surface area contributed by atoms with Crippen molar-refractivity contribution in [3.63, 3.8) is 0 Å². The van der Waals surface area contributed by atoms with Crippen LogP contribution in [0.15, 0.2) is 30.5 Å². The van der Waals surface area contributed by atoms with E-state index in [1.807, 2.05) is 18.3 Å². The molecule has 0 aliphatic carbocycles. The van der Waals surface area contributed by atoms with E-state index < -0.39 is 0 Å². The topological polar surface area (TPSA) is 50.8 Å². The Morgan fingerprint density at radius 1 is 1.33 bits per heavy atom. The van der Waals surface area contributed by atoms with Crippen LogP contribution in [-0.2, 0) is 0 Å². The highest BCUT2D eigenvalue weighted by Crippen LogP contribution is 2.21. The van der Waals surface area contributed by atoms with Crippen LogP contribution in [0, 0.1) is 11.3 Å². The predicted octanol–water partition coefficient (Wildman–Crippen LogP) is 2.88. The summed E-state index contributed by atoms with van der Waals surface area (Å²) in [5.74, 6) is 1.08. The van der Waals surface area contributed by atoms with Crippen LogP contribution in [0.3, 0.4) is 0 Å². The van der Waals surface area contributed by atoms with Crippen molar-refractivity contribution < 1.29 is 4.74 Å². The number of ether oxygens (including phenoxy) is 1. The number of benzene rings is 1. The number of methoxy groups -OCH3 is 1. The van der Waals surface area contributed by atoms with Gasteiger partial charge in [-0.25, -0.2) is 4.68 Å². The molecule has 2 aromatic rings. The second-order valence-corrected chi connectivity index (χ2v) is 4.33. The molecule has 2 rings (SSSR count). The van der Waals surface area contributed by atoms with Gasteiger partial charge in [0.1, 0.15) is 11.8 Å². The Morgan fingerprint density at radius 2 is 2.11 bits per heavy atom. The van der Waals surface area contributed by atoms with E-state index in [2.05, 4.69) is 25.0 Å². The molecule has 0 atom stereocenters. The summed E-state index contributed by atoms with van der Waals surface area (Å²) < 4.78 is 6.90. The molecule has 92 valence electrons. The largest absolute Gasteiger partial charge is 0.497 e. The summed E-state index contributed by atoms with van der Waals surface area (Å²) in [6, 6.07) is 9.46. The second kappa shape index (κ2) is 4.92. The molecular formula is C14H15N3O. The lowest BCUT2D eigenvalue weighted by atomic mass is 10.1. The molecule has 1 heterocycles. The Bertz CT molecular complexity index is 593. The van der Waals surface area contributed by atoms with Gasteiger partial charge in [0, 0.05) is 12.3 Å². The molecule has 0 radical (unpaired) electrons. The van der Waals surface area contributed by atoms with E-state index in [4.69, 9.17) is 10.00 Å². The van der Waals surface area contributed by atoms with Crippen LogP contribution in [0.1, 0.15) is 31.0 Å². The van der Waals surface area contributed by atoms with Crippen molar-refractivity contribution in [3.05, 3.63) is 41.7 Å². The zero-order valence-electron chi connectivity index (χ0n) is 10.7. The van der Waals surface area contributed by atoms with E-state index in [9.17, 15) is 0 Å². The van der Waals surface area contributed by atoms with Crippen molar-refractivity contribution in [1.29, 1.82) is 5.26 Å². The molecule has 1 aromatic carbocycles. The van der Waals surface area contributed by atoms with Gasteiger partial charge in [-0.2, -0.15) is 10.4 Å². The Labute approximate surface area is 106 Å². The molecule has 0 aliphatic rings. The van der Waals surface area contributed by atoms with Crippen molar-refractivity contribution in [1.82, 2.24) is 9.78 Å². The summed E-state index contributed by atoms with van der Waals surface area (Å²) in [6.07, 6.45) is 1.87. The summed E-state index contributed by atoms with van der Waals surface area (Å²) in [5.41, 5.74) is 2.32. The Balaban J connectivity index is 2.51. The van der Waals surface area contributed by atoms with Crippen LogP contribution in [0.4, 0.5) is 0 Å². The van der Waals surface area contributed by atoms with E-state index in [-0.39, 0.29) is 0 Å². The van der Waals surface area contributed by atoms with Gasteiger partial charge in [0.05, 0.1) is 24.1 Å². The fourth-order valence-electron chi connectivity index (χ4n) is 1.70. The summed E-state index contributed by atoms with van der Waals surface area (Å²) in [5, 5.41) is 13.6. The first-order valence-corrected chi connectivity index (χ1v) is 5.79. The van der Waals surface area contributed by atoms with Gasteiger partial charge >= 0.3 is 0 Å². The average Bonchev–Trinajstić information content (AvgIpc) is 2.87. The number of hydrogen-bond donors (Lipinski definition) is 0. The van der Waals surface area contributed by atoms with Crippen LogP contribution in [0.5, 0.6) is 5.75 Å².